The van der Waals surface area contributed by atoms with E-state index in [4.69, 9.17) is 15.3 Å². The van der Waals surface area contributed by atoms with Crippen LogP contribution in [0.2, 0.25) is 0 Å². The maximum atomic E-state index is 12.7. The highest BCUT2D eigenvalue weighted by Crippen LogP contribution is 2.47. The molecule has 220 valence electrons. The predicted molar refractivity (Wildman–Crippen MR) is 148 cm³/mol. The normalized spacial score (nSPS) is 15.4. The van der Waals surface area contributed by atoms with Crippen LogP contribution in [0.15, 0.2) is 74.9 Å². The molecule has 0 spiro atoms. The van der Waals surface area contributed by atoms with E-state index >= 15 is 0 Å². The van der Waals surface area contributed by atoms with Crippen LogP contribution in [0.3, 0.4) is 0 Å². The van der Waals surface area contributed by atoms with E-state index in [1.165, 1.54) is 24.3 Å². The number of ether oxygens (including phenoxy) is 1. The van der Waals surface area contributed by atoms with E-state index in [1.807, 2.05) is 0 Å². The Kier molecular flexibility index (Phi) is 8.85. The van der Waals surface area contributed by atoms with E-state index in [1.54, 1.807) is 24.3 Å². The van der Waals surface area contributed by atoms with E-state index in [0.717, 1.165) is 6.07 Å². The molecule has 14 nitrogen and oxygen atoms in total. The van der Waals surface area contributed by atoms with Crippen molar-refractivity contribution in [2.45, 2.75) is 27.1 Å². The van der Waals surface area contributed by atoms with Crippen molar-refractivity contribution in [3.05, 3.63) is 60.2 Å². The predicted octanol–water partition coefficient (Wildman–Crippen LogP) is 4.52. The van der Waals surface area contributed by atoms with Gasteiger partial charge in [0, 0.05) is 38.4 Å². The molecule has 1 aliphatic rings. The Morgan fingerprint density at radius 1 is 0.929 bits per heavy atom. The molecule has 5 rings (SSSR count). The summed E-state index contributed by atoms with van der Waals surface area (Å²) in [5.41, 5.74) is 0.140. The Morgan fingerprint density at radius 2 is 1.52 bits per heavy atom. The van der Waals surface area contributed by atoms with Crippen molar-refractivity contribution in [1.29, 1.82) is 0 Å². The first-order valence-electron chi connectivity index (χ1n) is 11.7. The zero-order valence-corrected chi connectivity index (χ0v) is 23.3. The summed E-state index contributed by atoms with van der Waals surface area (Å²) in [5, 5.41) is 39.1. The summed E-state index contributed by atoms with van der Waals surface area (Å²) in [5.74, 6) is -1.46. The van der Waals surface area contributed by atoms with Crippen molar-refractivity contribution >= 4 is 78.4 Å². The van der Waals surface area contributed by atoms with Crippen LogP contribution >= 0.6 is 24.1 Å². The molecule has 1 aliphatic carbocycles. The smallest absolute Gasteiger partial charge is 0.331 e. The molecule has 5 N–H and O–H groups in total. The number of carboxylic acid groups (broad SMARTS) is 1. The first kappa shape index (κ1) is 30.0. The molecule has 17 heteroatoms. The Labute approximate surface area is 244 Å². The zero-order valence-electron chi connectivity index (χ0n) is 20.9. The fourth-order valence-corrected chi connectivity index (χ4v) is 6.61. The molecule has 0 radical (unpaired) electrons. The van der Waals surface area contributed by atoms with Crippen LogP contribution in [0.25, 0.3) is 32.3 Å². The number of carbonyl (C=O) groups excluding carboxylic acids is 1. The summed E-state index contributed by atoms with van der Waals surface area (Å²) in [6.45, 7) is -0.471. The number of aliphatic carboxylic acids is 1. The van der Waals surface area contributed by atoms with E-state index in [9.17, 15) is 27.7 Å². The molecule has 0 heterocycles. The zero-order chi connectivity index (χ0) is 30.0. The van der Waals surface area contributed by atoms with Gasteiger partial charge in [-0.25, -0.2) is 15.3 Å². The highest BCUT2D eigenvalue weighted by Gasteiger charge is 2.25. The molecule has 1 unspecified atom stereocenters. The molecule has 1 atom stereocenters. The van der Waals surface area contributed by atoms with Gasteiger partial charge in [0.15, 0.2) is 6.61 Å². The van der Waals surface area contributed by atoms with Crippen molar-refractivity contribution in [3.63, 3.8) is 0 Å². The van der Waals surface area contributed by atoms with Gasteiger partial charge in [-0.05, 0) is 29.0 Å². The lowest BCUT2D eigenvalue weighted by atomic mass is 9.93. The lowest BCUT2D eigenvalue weighted by molar-refractivity contribution is -0.432. The number of amides is 1. The largest absolute Gasteiger partial charge is 0.483 e. The third-order valence-electron chi connectivity index (χ3n) is 6.39. The number of hydrogen-bond acceptors (Lipinski definition) is 13. The van der Waals surface area contributed by atoms with Gasteiger partial charge in [0.25, 0.3) is 16.0 Å². The molecule has 0 fully saturated rings. The number of allylic oxidation sites excluding steroid dienone is 2. The van der Waals surface area contributed by atoms with E-state index < -0.39 is 39.5 Å². The molecule has 0 saturated heterocycles. The van der Waals surface area contributed by atoms with E-state index in [2.05, 4.69) is 24.1 Å². The standard InChI is InChI=1S/C25H19NO13S3/c27-22(26-13-3-1-2-12(8-13)25(28)29)11-35-18-9-19(40-38-36-30)15-5-6-16-20(41-39-37-31)10-21(42(32,33)34)17-7-4-14(18)23(15)24(16)17/h1-7,9-10,13,30-31H,8,11H2,(H,26,27)(H,28,29)(H,32,33,34). The summed E-state index contributed by atoms with van der Waals surface area (Å²) in [6, 6.07) is 8.44. The van der Waals surface area contributed by atoms with Crippen LogP contribution < -0.4 is 10.1 Å². The maximum Gasteiger partial charge on any atom is 0.331 e. The molecule has 1 amide bonds. The number of rotatable bonds is 12. The highest BCUT2D eigenvalue weighted by molar-refractivity contribution is 7.95. The molecular weight excluding hydrogens is 618 g/mol. The van der Waals surface area contributed by atoms with Gasteiger partial charge in [-0.1, -0.05) is 46.5 Å². The van der Waals surface area contributed by atoms with E-state index in [-0.39, 0.29) is 28.0 Å². The Hall–Kier alpha value is -3.49. The topological polar surface area (TPSA) is 207 Å². The van der Waals surface area contributed by atoms with Crippen molar-refractivity contribution < 1.29 is 61.7 Å². The van der Waals surface area contributed by atoms with Crippen molar-refractivity contribution in [2.75, 3.05) is 6.61 Å². The number of benzene rings is 4. The summed E-state index contributed by atoms with van der Waals surface area (Å²) in [7, 11) is -4.74. The summed E-state index contributed by atoms with van der Waals surface area (Å²) in [4.78, 5) is 24.1. The molecular formula is C25H19NO13S3. The van der Waals surface area contributed by atoms with Crippen LogP contribution in [-0.4, -0.2) is 53.1 Å². The molecule has 0 aliphatic heterocycles. The van der Waals surface area contributed by atoms with Crippen molar-refractivity contribution in [2.24, 2.45) is 0 Å². The number of hydrogen-bond donors (Lipinski definition) is 5. The third kappa shape index (κ3) is 6.01. The fraction of sp³-hybridized carbons (Fsp3) is 0.120. The highest BCUT2D eigenvalue weighted by atomic mass is 32.2. The first-order chi connectivity index (χ1) is 20.1. The van der Waals surface area contributed by atoms with Gasteiger partial charge in [-0.15, -0.1) is 8.67 Å². The molecule has 42 heavy (non-hydrogen) atoms. The Balaban J connectivity index is 1.59. The van der Waals surface area contributed by atoms with Crippen LogP contribution in [0.5, 0.6) is 5.75 Å². The SMILES string of the molecule is O=C(COc1cc(SOOO)c2ccc3c(SOOO)cc(S(=O)(=O)O)c4ccc1c2c34)NC1C=CC=C(C(=O)O)C1. The summed E-state index contributed by atoms with van der Waals surface area (Å²) >= 11 is 1.10. The van der Waals surface area contributed by atoms with Gasteiger partial charge in [-0.2, -0.15) is 8.42 Å². The lowest BCUT2D eigenvalue weighted by Crippen LogP contribution is -2.38. The van der Waals surface area contributed by atoms with E-state index in [0.29, 0.717) is 55.9 Å². The van der Waals surface area contributed by atoms with Gasteiger partial charge >= 0.3 is 5.97 Å². The van der Waals surface area contributed by atoms with Crippen LogP contribution in [0.4, 0.5) is 0 Å². The van der Waals surface area contributed by atoms with Crippen molar-refractivity contribution in [3.8, 4) is 5.75 Å². The van der Waals surface area contributed by atoms with Crippen LogP contribution in [0.1, 0.15) is 6.42 Å². The van der Waals surface area contributed by atoms with Gasteiger partial charge in [0.05, 0.1) is 35.0 Å². The molecule has 4 aromatic rings. The monoisotopic (exact) mass is 637 g/mol. The molecule has 0 saturated carbocycles. The second-order valence-electron chi connectivity index (χ2n) is 8.79. The van der Waals surface area contributed by atoms with Gasteiger partial charge in [0.1, 0.15) is 10.6 Å². The minimum atomic E-state index is -4.74. The summed E-state index contributed by atoms with van der Waals surface area (Å²) < 4.78 is 49.7. The summed E-state index contributed by atoms with van der Waals surface area (Å²) in [6.07, 6.45) is 4.73. The lowest BCUT2D eigenvalue weighted by Gasteiger charge is -2.20. The first-order valence-corrected chi connectivity index (χ1v) is 14.6. The average Bonchev–Trinajstić information content (AvgIpc) is 2.96. The average molecular weight is 638 g/mol. The number of carbonyl (C=O) groups is 2. The van der Waals surface area contributed by atoms with Gasteiger partial charge in [0.2, 0.25) is 0 Å². The third-order valence-corrected chi connectivity index (χ3v) is 8.58. The van der Waals surface area contributed by atoms with Gasteiger partial charge < -0.3 is 15.2 Å². The number of nitrogens with one attached hydrogen (secondary N) is 1. The molecule has 4 aromatic carbocycles. The molecule has 0 aromatic heterocycles. The Bertz CT molecular complexity index is 1860. The van der Waals surface area contributed by atoms with Crippen molar-refractivity contribution in [1.82, 2.24) is 5.32 Å². The second-order valence-corrected chi connectivity index (χ2v) is 11.7. The second kappa shape index (κ2) is 12.4. The quantitative estimate of drug-likeness (QED) is 0.0476. The number of carboxylic acids is 1. The van der Waals surface area contributed by atoms with Gasteiger partial charge in [-0.3, -0.25) is 9.35 Å². The van der Waals surface area contributed by atoms with Crippen LogP contribution in [0, 0.1) is 0 Å². The fourth-order valence-electron chi connectivity index (χ4n) is 4.77. The van der Waals surface area contributed by atoms with Crippen LogP contribution in [-0.2, 0) is 38.5 Å². The maximum absolute atomic E-state index is 12.7. The Morgan fingerprint density at radius 3 is 2.14 bits per heavy atom. The molecule has 0 bridgehead atoms. The minimum absolute atomic E-state index is 0.0943. The minimum Gasteiger partial charge on any atom is -0.483 e.